The summed E-state index contributed by atoms with van der Waals surface area (Å²) in [4.78, 5) is 18.5. The third-order valence-corrected chi connectivity index (χ3v) is 5.41. The highest BCUT2D eigenvalue weighted by Crippen LogP contribution is 2.23. The molecule has 0 bridgehead atoms. The number of aryl methyl sites for hydroxylation is 1. The van der Waals surface area contributed by atoms with Crippen molar-refractivity contribution in [1.29, 1.82) is 0 Å². The first kappa shape index (κ1) is 22.1. The lowest BCUT2D eigenvalue weighted by Gasteiger charge is -2.13. The van der Waals surface area contributed by atoms with Crippen LogP contribution in [0.5, 0.6) is 5.75 Å². The Balaban J connectivity index is 1.41. The van der Waals surface area contributed by atoms with Crippen LogP contribution in [0.2, 0.25) is 0 Å². The number of ether oxygens (including phenoxy) is 1. The van der Waals surface area contributed by atoms with Crippen LogP contribution >= 0.6 is 0 Å². The summed E-state index contributed by atoms with van der Waals surface area (Å²) < 4.78 is 7.74. The lowest BCUT2D eigenvalue weighted by atomic mass is 10.2. The molecule has 1 amide bonds. The highest BCUT2D eigenvalue weighted by atomic mass is 16.5. The molecule has 1 N–H and O–H groups in total. The molecule has 168 valence electrons. The molecule has 2 heterocycles. The van der Waals surface area contributed by atoms with Gasteiger partial charge in [0.15, 0.2) is 6.61 Å². The fraction of sp³-hybridized carbons (Fsp3) is 0.192. The summed E-state index contributed by atoms with van der Waals surface area (Å²) in [6, 6.07) is 19.8. The lowest BCUT2D eigenvalue weighted by molar-refractivity contribution is -0.123. The van der Waals surface area contributed by atoms with E-state index in [9.17, 15) is 4.79 Å². The topological polar surface area (TPSA) is 71.8 Å². The van der Waals surface area contributed by atoms with Gasteiger partial charge in [0.2, 0.25) is 0 Å². The molecule has 0 unspecified atom stereocenters. The molecule has 0 spiro atoms. The van der Waals surface area contributed by atoms with Crippen LogP contribution in [0, 0.1) is 13.8 Å². The Morgan fingerprint density at radius 2 is 1.97 bits per heavy atom. The molecule has 0 aliphatic carbocycles. The van der Waals surface area contributed by atoms with Crippen molar-refractivity contribution >= 4 is 28.7 Å². The zero-order valence-electron chi connectivity index (χ0n) is 19.2. The zero-order chi connectivity index (χ0) is 23.4. The predicted octanol–water partition coefficient (Wildman–Crippen LogP) is 4.24. The number of hydrazone groups is 1. The van der Waals surface area contributed by atoms with E-state index < -0.39 is 0 Å². The van der Waals surface area contributed by atoms with Crippen molar-refractivity contribution in [1.82, 2.24) is 15.0 Å². The van der Waals surface area contributed by atoms with Gasteiger partial charge in [0.05, 0.1) is 11.7 Å². The summed E-state index contributed by atoms with van der Waals surface area (Å²) >= 11 is 0. The largest absolute Gasteiger partial charge is 0.484 e. The SMILES string of the molecule is Cc1cc(/C=N/NC(=O)COc2cccc(N(C)C)c2)c(C)n1-c1ccc2ncccc2c1. The normalized spacial score (nSPS) is 11.2. The van der Waals surface area contributed by atoms with E-state index in [-0.39, 0.29) is 12.5 Å². The van der Waals surface area contributed by atoms with Gasteiger partial charge in [-0.15, -0.1) is 0 Å². The van der Waals surface area contributed by atoms with Crippen LogP contribution in [0.25, 0.3) is 16.6 Å². The summed E-state index contributed by atoms with van der Waals surface area (Å²) in [6.07, 6.45) is 3.45. The summed E-state index contributed by atoms with van der Waals surface area (Å²) in [5.41, 5.74) is 8.60. The van der Waals surface area contributed by atoms with Gasteiger partial charge in [0.25, 0.3) is 5.91 Å². The van der Waals surface area contributed by atoms with E-state index in [4.69, 9.17) is 4.74 Å². The minimum atomic E-state index is -0.322. The maximum atomic E-state index is 12.2. The van der Waals surface area contributed by atoms with Gasteiger partial charge in [-0.2, -0.15) is 5.10 Å². The quantitative estimate of drug-likeness (QED) is 0.344. The molecule has 0 saturated heterocycles. The summed E-state index contributed by atoms with van der Waals surface area (Å²) in [5.74, 6) is 0.312. The number of hydrogen-bond acceptors (Lipinski definition) is 5. The Labute approximate surface area is 193 Å². The molecule has 0 fully saturated rings. The van der Waals surface area contributed by atoms with E-state index in [1.165, 1.54) is 0 Å². The number of nitrogens with zero attached hydrogens (tertiary/aromatic N) is 4. The van der Waals surface area contributed by atoms with Crippen molar-refractivity contribution in [3.63, 3.8) is 0 Å². The van der Waals surface area contributed by atoms with E-state index in [0.29, 0.717) is 5.75 Å². The van der Waals surface area contributed by atoms with Crippen LogP contribution in [0.3, 0.4) is 0 Å². The third kappa shape index (κ3) is 5.03. The molecule has 0 radical (unpaired) electrons. The smallest absolute Gasteiger partial charge is 0.277 e. The van der Waals surface area contributed by atoms with Crippen LogP contribution in [0.15, 0.2) is 72.0 Å². The van der Waals surface area contributed by atoms with Gasteiger partial charge in [-0.3, -0.25) is 9.78 Å². The number of hydrogen-bond donors (Lipinski definition) is 1. The van der Waals surface area contributed by atoms with Crippen LogP contribution in [-0.2, 0) is 4.79 Å². The first-order chi connectivity index (χ1) is 15.9. The molecule has 0 atom stereocenters. The van der Waals surface area contributed by atoms with Gasteiger partial charge < -0.3 is 14.2 Å². The number of rotatable bonds is 7. The number of pyridine rings is 1. The molecule has 2 aromatic carbocycles. The number of aromatic nitrogens is 2. The van der Waals surface area contributed by atoms with E-state index >= 15 is 0 Å². The number of anilines is 1. The predicted molar refractivity (Wildman–Crippen MR) is 133 cm³/mol. The molecule has 7 heteroatoms. The van der Waals surface area contributed by atoms with Gasteiger partial charge in [-0.1, -0.05) is 12.1 Å². The van der Waals surface area contributed by atoms with Gasteiger partial charge in [0.1, 0.15) is 5.75 Å². The second kappa shape index (κ2) is 9.56. The Morgan fingerprint density at radius 1 is 1.12 bits per heavy atom. The minimum Gasteiger partial charge on any atom is -0.484 e. The first-order valence-corrected chi connectivity index (χ1v) is 10.7. The Hall–Kier alpha value is -4.13. The third-order valence-electron chi connectivity index (χ3n) is 5.41. The standard InChI is InChI=1S/C26H27N5O2/c1-18-13-21(19(2)31(18)23-10-11-25-20(14-23)7-6-12-27-25)16-28-29-26(32)17-33-24-9-5-8-22(15-24)30(3)4/h5-16H,17H2,1-4H3,(H,29,32)/b28-16+. The van der Waals surface area contributed by atoms with Crippen LogP contribution < -0.4 is 15.1 Å². The van der Waals surface area contributed by atoms with E-state index in [0.717, 1.165) is 39.2 Å². The molecule has 0 saturated carbocycles. The van der Waals surface area contributed by atoms with Crippen molar-refractivity contribution in [2.75, 3.05) is 25.6 Å². The number of nitrogens with one attached hydrogen (secondary N) is 1. The lowest BCUT2D eigenvalue weighted by Crippen LogP contribution is -2.24. The minimum absolute atomic E-state index is 0.113. The average Bonchev–Trinajstić information content (AvgIpc) is 3.10. The molecule has 0 aliphatic rings. The van der Waals surface area contributed by atoms with E-state index in [1.807, 2.05) is 75.3 Å². The number of benzene rings is 2. The van der Waals surface area contributed by atoms with E-state index in [1.54, 1.807) is 12.4 Å². The fourth-order valence-electron chi connectivity index (χ4n) is 3.72. The molecule has 7 nitrogen and oxygen atoms in total. The summed E-state index contributed by atoms with van der Waals surface area (Å²) in [5, 5.41) is 5.21. The van der Waals surface area contributed by atoms with Crippen LogP contribution in [0.4, 0.5) is 5.69 Å². The van der Waals surface area contributed by atoms with Crippen molar-refractivity contribution in [3.05, 3.63) is 83.8 Å². The maximum absolute atomic E-state index is 12.2. The van der Waals surface area contributed by atoms with Crippen LogP contribution in [-0.4, -0.2) is 42.4 Å². The summed E-state index contributed by atoms with van der Waals surface area (Å²) in [7, 11) is 3.91. The molecular formula is C26H27N5O2. The summed E-state index contributed by atoms with van der Waals surface area (Å²) in [6.45, 7) is 3.97. The van der Waals surface area contributed by atoms with Gasteiger partial charge in [0, 0.05) is 60.1 Å². The van der Waals surface area contributed by atoms with Gasteiger partial charge in [-0.25, -0.2) is 5.43 Å². The van der Waals surface area contributed by atoms with Gasteiger partial charge >= 0.3 is 0 Å². The molecular weight excluding hydrogens is 414 g/mol. The number of fused-ring (bicyclic) bond motifs is 1. The maximum Gasteiger partial charge on any atom is 0.277 e. The number of amides is 1. The molecule has 4 aromatic rings. The fourth-order valence-corrected chi connectivity index (χ4v) is 3.72. The highest BCUT2D eigenvalue weighted by molar-refractivity contribution is 5.85. The second-order valence-electron chi connectivity index (χ2n) is 8.02. The van der Waals surface area contributed by atoms with Crippen molar-refractivity contribution in [3.8, 4) is 11.4 Å². The molecule has 2 aromatic heterocycles. The Bertz CT molecular complexity index is 1320. The average molecular weight is 442 g/mol. The van der Waals surface area contributed by atoms with E-state index in [2.05, 4.69) is 38.3 Å². The first-order valence-electron chi connectivity index (χ1n) is 10.7. The zero-order valence-corrected chi connectivity index (χ0v) is 19.2. The second-order valence-corrected chi connectivity index (χ2v) is 8.02. The number of carbonyl (C=O) groups excluding carboxylic acids is 1. The number of carbonyl (C=O) groups is 1. The van der Waals surface area contributed by atoms with Crippen LogP contribution in [0.1, 0.15) is 17.0 Å². The monoisotopic (exact) mass is 441 g/mol. The Morgan fingerprint density at radius 3 is 2.79 bits per heavy atom. The Kier molecular flexibility index (Phi) is 6.40. The van der Waals surface area contributed by atoms with Crippen molar-refractivity contribution in [2.24, 2.45) is 5.10 Å². The van der Waals surface area contributed by atoms with Gasteiger partial charge in [-0.05, 0) is 56.3 Å². The molecule has 0 aliphatic heterocycles. The highest BCUT2D eigenvalue weighted by Gasteiger charge is 2.10. The molecule has 33 heavy (non-hydrogen) atoms. The van der Waals surface area contributed by atoms with Crippen molar-refractivity contribution in [2.45, 2.75) is 13.8 Å². The van der Waals surface area contributed by atoms with Crippen molar-refractivity contribution < 1.29 is 9.53 Å². The molecule has 4 rings (SSSR count).